The molecule has 0 spiro atoms. The van der Waals surface area contributed by atoms with Gasteiger partial charge in [0.2, 0.25) is 5.78 Å². The first-order valence-corrected chi connectivity index (χ1v) is 9.44. The minimum Gasteiger partial charge on any atom is -0.495 e. The Morgan fingerprint density at radius 3 is 2.47 bits per heavy atom. The molecule has 164 valence electrons. The van der Waals surface area contributed by atoms with Gasteiger partial charge in [-0.2, -0.15) is 0 Å². The minimum absolute atomic E-state index is 0.146. The number of carbonyl (C=O) groups excluding carboxylic acids is 4. The van der Waals surface area contributed by atoms with Crippen molar-refractivity contribution in [3.63, 3.8) is 0 Å². The van der Waals surface area contributed by atoms with Crippen LogP contribution in [0, 0.1) is 0 Å². The van der Waals surface area contributed by atoms with Crippen LogP contribution in [0.2, 0.25) is 5.02 Å². The number of benzene rings is 2. The van der Waals surface area contributed by atoms with Crippen LogP contribution in [0.4, 0.5) is 5.69 Å². The fourth-order valence-corrected chi connectivity index (χ4v) is 3.09. The number of rotatable bonds is 7. The van der Waals surface area contributed by atoms with Crippen molar-refractivity contribution >= 4 is 51.8 Å². The fraction of sp³-hybridized carbons (Fsp3) is 0.143. The number of aromatic amines is 1. The van der Waals surface area contributed by atoms with Gasteiger partial charge in [-0.1, -0.05) is 23.7 Å². The van der Waals surface area contributed by atoms with Crippen molar-refractivity contribution in [1.82, 2.24) is 9.97 Å². The molecule has 1 unspecified atom stereocenters. The standard InChI is InChI=1S/C21H16ClN3O7/c1-31-14-6-4-3-5-12(14)24-20(29)17(26)15(18(27)21(30)32-2)16-19(28)25-13-9-10(22)7-8-11(13)23-16/h3-9,15H,1-2H3,(H,24,29)(H,25,28). The highest BCUT2D eigenvalue weighted by Gasteiger charge is 2.40. The van der Waals surface area contributed by atoms with Gasteiger partial charge in [-0.25, -0.2) is 9.78 Å². The smallest absolute Gasteiger partial charge is 0.375 e. The second kappa shape index (κ2) is 9.40. The van der Waals surface area contributed by atoms with Gasteiger partial charge < -0.3 is 19.8 Å². The number of hydrogen-bond donors (Lipinski definition) is 2. The second-order valence-corrected chi connectivity index (χ2v) is 6.86. The predicted molar refractivity (Wildman–Crippen MR) is 114 cm³/mol. The highest BCUT2D eigenvalue weighted by molar-refractivity contribution is 6.52. The van der Waals surface area contributed by atoms with Crippen molar-refractivity contribution in [2.45, 2.75) is 5.92 Å². The van der Waals surface area contributed by atoms with Crippen molar-refractivity contribution in [3.8, 4) is 5.75 Å². The van der Waals surface area contributed by atoms with E-state index in [4.69, 9.17) is 16.3 Å². The number of ketones is 2. The maximum absolute atomic E-state index is 13.0. The summed E-state index contributed by atoms with van der Waals surface area (Å²) >= 11 is 5.90. The Bertz CT molecular complexity index is 1300. The number of methoxy groups -OCH3 is 2. The maximum Gasteiger partial charge on any atom is 0.375 e. The summed E-state index contributed by atoms with van der Waals surface area (Å²) in [7, 11) is 2.29. The van der Waals surface area contributed by atoms with Crippen molar-refractivity contribution in [2.24, 2.45) is 0 Å². The summed E-state index contributed by atoms with van der Waals surface area (Å²) in [5.41, 5.74) is -1.01. The summed E-state index contributed by atoms with van der Waals surface area (Å²) in [4.78, 5) is 69.2. The van der Waals surface area contributed by atoms with Gasteiger partial charge in [0, 0.05) is 5.02 Å². The first kappa shape index (κ1) is 22.6. The first-order valence-electron chi connectivity index (χ1n) is 9.06. The number of amides is 1. The third-order valence-corrected chi connectivity index (χ3v) is 4.68. The number of aromatic nitrogens is 2. The average Bonchev–Trinajstić information content (AvgIpc) is 2.79. The van der Waals surface area contributed by atoms with Crippen LogP contribution in [0.25, 0.3) is 11.0 Å². The molecule has 11 heteroatoms. The molecular weight excluding hydrogens is 442 g/mol. The van der Waals surface area contributed by atoms with Crippen LogP contribution < -0.4 is 15.6 Å². The monoisotopic (exact) mass is 457 g/mol. The van der Waals surface area contributed by atoms with E-state index in [1.165, 1.54) is 37.4 Å². The molecule has 1 heterocycles. The number of anilines is 1. The van der Waals surface area contributed by atoms with Crippen LogP contribution in [0.1, 0.15) is 11.6 Å². The van der Waals surface area contributed by atoms with Crippen LogP contribution in [-0.2, 0) is 23.9 Å². The summed E-state index contributed by atoms with van der Waals surface area (Å²) in [6.07, 6.45) is 0. The van der Waals surface area contributed by atoms with E-state index >= 15 is 0 Å². The van der Waals surface area contributed by atoms with Gasteiger partial charge in [0.1, 0.15) is 17.4 Å². The number of esters is 1. The number of nitrogens with one attached hydrogen (secondary N) is 2. The molecule has 3 aromatic rings. The van der Waals surface area contributed by atoms with Gasteiger partial charge in [0.15, 0.2) is 0 Å². The van der Waals surface area contributed by atoms with E-state index in [1.807, 2.05) is 0 Å². The van der Waals surface area contributed by atoms with E-state index < -0.39 is 40.6 Å². The number of Topliss-reactive ketones (excluding diaryl/α,β-unsaturated/α-hetero) is 2. The molecule has 32 heavy (non-hydrogen) atoms. The molecule has 0 aliphatic carbocycles. The van der Waals surface area contributed by atoms with Crippen molar-refractivity contribution < 1.29 is 28.7 Å². The molecule has 2 aromatic carbocycles. The van der Waals surface area contributed by atoms with Gasteiger partial charge in [0.25, 0.3) is 17.2 Å². The summed E-state index contributed by atoms with van der Waals surface area (Å²) in [6.45, 7) is 0. The summed E-state index contributed by atoms with van der Waals surface area (Å²) in [5.74, 6) is -7.33. The molecule has 0 saturated carbocycles. The highest BCUT2D eigenvalue weighted by atomic mass is 35.5. The fourth-order valence-electron chi connectivity index (χ4n) is 2.92. The number of hydrogen-bond acceptors (Lipinski definition) is 8. The predicted octanol–water partition coefficient (Wildman–Crippen LogP) is 1.62. The van der Waals surface area contributed by atoms with E-state index in [0.717, 1.165) is 7.11 Å². The molecule has 1 aromatic heterocycles. The lowest BCUT2D eigenvalue weighted by molar-refractivity contribution is -0.154. The van der Waals surface area contributed by atoms with E-state index in [0.29, 0.717) is 5.02 Å². The molecule has 2 N–H and O–H groups in total. The van der Waals surface area contributed by atoms with Crippen molar-refractivity contribution in [3.05, 3.63) is 63.5 Å². The van der Waals surface area contributed by atoms with Gasteiger partial charge in [-0.3, -0.25) is 19.2 Å². The van der Waals surface area contributed by atoms with Crippen LogP contribution in [0.3, 0.4) is 0 Å². The normalized spacial score (nSPS) is 11.5. The zero-order chi connectivity index (χ0) is 23.4. The van der Waals surface area contributed by atoms with Crippen LogP contribution in [-0.4, -0.2) is 47.6 Å². The molecular formula is C21H16ClN3O7. The Morgan fingerprint density at radius 2 is 1.78 bits per heavy atom. The minimum atomic E-state index is -2.12. The summed E-state index contributed by atoms with van der Waals surface area (Å²) in [6, 6.07) is 10.6. The average molecular weight is 458 g/mol. The molecule has 0 aliphatic rings. The SMILES string of the molecule is COC(=O)C(=O)C(C(=O)C(=O)Nc1ccccc1OC)c1nc2ccc(Cl)cc2[nH]c1=O. The molecule has 10 nitrogen and oxygen atoms in total. The Hall–Kier alpha value is -4.05. The van der Waals surface area contributed by atoms with Crippen molar-refractivity contribution in [1.29, 1.82) is 0 Å². The number of H-pyrrole nitrogens is 1. The molecule has 0 bridgehead atoms. The Morgan fingerprint density at radius 1 is 1.06 bits per heavy atom. The highest BCUT2D eigenvalue weighted by Crippen LogP contribution is 2.24. The second-order valence-electron chi connectivity index (χ2n) is 6.42. The molecule has 0 saturated heterocycles. The summed E-state index contributed by atoms with van der Waals surface area (Å²) in [5, 5.41) is 2.63. The molecule has 1 atom stereocenters. The topological polar surface area (TPSA) is 145 Å². The first-order chi connectivity index (χ1) is 15.3. The molecule has 0 fully saturated rings. The van der Waals surface area contributed by atoms with Gasteiger partial charge in [0.05, 0.1) is 30.9 Å². The molecule has 3 rings (SSSR count). The molecule has 1 amide bonds. The number of para-hydroxylation sites is 2. The quantitative estimate of drug-likeness (QED) is 0.309. The van der Waals surface area contributed by atoms with Gasteiger partial charge in [-0.15, -0.1) is 0 Å². The van der Waals surface area contributed by atoms with Crippen LogP contribution >= 0.6 is 11.6 Å². The largest absolute Gasteiger partial charge is 0.495 e. The number of carbonyl (C=O) groups is 4. The number of fused-ring (bicyclic) bond motifs is 1. The third kappa shape index (κ3) is 4.49. The third-order valence-electron chi connectivity index (χ3n) is 4.44. The number of nitrogens with zero attached hydrogens (tertiary/aromatic N) is 1. The van der Waals surface area contributed by atoms with Crippen LogP contribution in [0.5, 0.6) is 5.75 Å². The Kier molecular flexibility index (Phi) is 6.64. The number of ether oxygens (including phenoxy) is 2. The number of halogens is 1. The zero-order valence-corrected chi connectivity index (χ0v) is 17.6. The maximum atomic E-state index is 13.0. The molecule has 0 radical (unpaired) electrons. The Labute approximate surface area is 185 Å². The zero-order valence-electron chi connectivity index (χ0n) is 16.8. The molecule has 0 aliphatic heterocycles. The lowest BCUT2D eigenvalue weighted by atomic mass is 9.94. The van der Waals surface area contributed by atoms with E-state index in [2.05, 4.69) is 20.0 Å². The lowest BCUT2D eigenvalue weighted by Gasteiger charge is -2.14. The van der Waals surface area contributed by atoms with Gasteiger partial charge >= 0.3 is 5.97 Å². The van der Waals surface area contributed by atoms with Gasteiger partial charge in [-0.05, 0) is 30.3 Å². The van der Waals surface area contributed by atoms with E-state index in [9.17, 15) is 24.0 Å². The van der Waals surface area contributed by atoms with E-state index in [-0.39, 0.29) is 22.5 Å². The summed E-state index contributed by atoms with van der Waals surface area (Å²) < 4.78 is 9.50. The lowest BCUT2D eigenvalue weighted by Crippen LogP contribution is -2.39. The van der Waals surface area contributed by atoms with E-state index in [1.54, 1.807) is 12.1 Å². The van der Waals surface area contributed by atoms with Crippen LogP contribution in [0.15, 0.2) is 47.3 Å². The Balaban J connectivity index is 2.07. The van der Waals surface area contributed by atoms with Crippen molar-refractivity contribution in [2.75, 3.05) is 19.5 Å².